The molecule has 0 amide bonds. The second kappa shape index (κ2) is 9.06. The number of hydrogen-bond acceptors (Lipinski definition) is 3. The van der Waals surface area contributed by atoms with E-state index in [1.54, 1.807) is 0 Å². The molecule has 0 saturated carbocycles. The summed E-state index contributed by atoms with van der Waals surface area (Å²) < 4.78 is 5.35. The van der Waals surface area contributed by atoms with Crippen LogP contribution in [0.2, 0.25) is 0 Å². The van der Waals surface area contributed by atoms with E-state index in [1.807, 2.05) is 0 Å². The molecule has 0 spiro atoms. The third kappa shape index (κ3) is 5.33. The molecule has 3 heteroatoms. The molecule has 1 aromatic rings. The van der Waals surface area contributed by atoms with E-state index < -0.39 is 0 Å². The minimum absolute atomic E-state index is 0.756. The summed E-state index contributed by atoms with van der Waals surface area (Å²) in [5.74, 6) is 0.756. The average Bonchev–Trinajstić information content (AvgIpc) is 2.49. The van der Waals surface area contributed by atoms with Gasteiger partial charge in [0.15, 0.2) is 0 Å². The monoisotopic (exact) mass is 290 g/mol. The van der Waals surface area contributed by atoms with Gasteiger partial charge in [-0.15, -0.1) is 0 Å². The van der Waals surface area contributed by atoms with Gasteiger partial charge in [0.05, 0.1) is 0 Å². The number of hydrogen-bond donors (Lipinski definition) is 1. The fraction of sp³-hybridized carbons (Fsp3) is 0.667. The molecular formula is C18H30N2O. The van der Waals surface area contributed by atoms with Crippen LogP contribution >= 0.6 is 0 Å². The van der Waals surface area contributed by atoms with Crippen molar-refractivity contribution >= 4 is 5.69 Å². The maximum absolute atomic E-state index is 5.35. The molecule has 0 bridgehead atoms. The first-order valence-corrected chi connectivity index (χ1v) is 8.42. The van der Waals surface area contributed by atoms with Gasteiger partial charge in [-0.3, -0.25) is 0 Å². The van der Waals surface area contributed by atoms with Gasteiger partial charge in [-0.25, -0.2) is 0 Å². The fourth-order valence-corrected chi connectivity index (χ4v) is 3.06. The minimum Gasteiger partial charge on any atom is -0.382 e. The van der Waals surface area contributed by atoms with Crippen molar-refractivity contribution in [3.05, 3.63) is 29.8 Å². The first-order valence-electron chi connectivity index (χ1n) is 8.42. The van der Waals surface area contributed by atoms with E-state index in [-0.39, 0.29) is 0 Å². The standard InChI is InChI=1S/C18H30N2O/c1-3-21-13-7-6-10-19-11-12-20-15-16(2)14-17-8-4-5-9-18(17)20/h4-5,8-9,16,19H,3,6-7,10-15H2,1-2H3. The number of benzene rings is 1. The normalized spacial score (nSPS) is 17.8. The highest BCUT2D eigenvalue weighted by atomic mass is 16.5. The van der Waals surface area contributed by atoms with Crippen molar-refractivity contribution in [2.75, 3.05) is 44.3 Å². The molecule has 21 heavy (non-hydrogen) atoms. The SMILES string of the molecule is CCOCCCCNCCN1CC(C)Cc2ccccc21. The summed E-state index contributed by atoms with van der Waals surface area (Å²) in [4.78, 5) is 2.54. The van der Waals surface area contributed by atoms with Gasteiger partial charge < -0.3 is 15.0 Å². The minimum atomic E-state index is 0.756. The highest BCUT2D eigenvalue weighted by Crippen LogP contribution is 2.28. The first-order chi connectivity index (χ1) is 10.3. The van der Waals surface area contributed by atoms with Gasteiger partial charge in [0.2, 0.25) is 0 Å². The molecule has 0 radical (unpaired) electrons. The molecule has 0 aliphatic carbocycles. The Labute approximate surface area is 129 Å². The van der Waals surface area contributed by atoms with E-state index in [0.717, 1.165) is 45.2 Å². The topological polar surface area (TPSA) is 24.5 Å². The Morgan fingerprint density at radius 2 is 2.10 bits per heavy atom. The van der Waals surface area contributed by atoms with E-state index in [2.05, 4.69) is 48.3 Å². The predicted molar refractivity (Wildman–Crippen MR) is 90.1 cm³/mol. The van der Waals surface area contributed by atoms with Crippen LogP contribution in [0.3, 0.4) is 0 Å². The second-order valence-corrected chi connectivity index (χ2v) is 6.04. The molecule has 1 N–H and O–H groups in total. The van der Waals surface area contributed by atoms with Crippen molar-refractivity contribution in [3.63, 3.8) is 0 Å². The van der Waals surface area contributed by atoms with Crippen molar-refractivity contribution in [2.45, 2.75) is 33.1 Å². The Balaban J connectivity index is 1.67. The van der Waals surface area contributed by atoms with Gasteiger partial charge in [0, 0.05) is 38.5 Å². The lowest BCUT2D eigenvalue weighted by Gasteiger charge is -2.35. The molecule has 118 valence electrons. The molecule has 3 nitrogen and oxygen atoms in total. The van der Waals surface area contributed by atoms with Crippen LogP contribution in [0.25, 0.3) is 0 Å². The van der Waals surface area contributed by atoms with Gasteiger partial charge >= 0.3 is 0 Å². The summed E-state index contributed by atoms with van der Waals surface area (Å²) in [6.07, 6.45) is 3.58. The van der Waals surface area contributed by atoms with Crippen LogP contribution < -0.4 is 10.2 Å². The third-order valence-electron chi connectivity index (χ3n) is 4.09. The Morgan fingerprint density at radius 3 is 2.95 bits per heavy atom. The van der Waals surface area contributed by atoms with Crippen LogP contribution in [-0.4, -0.2) is 39.4 Å². The molecule has 0 fully saturated rings. The van der Waals surface area contributed by atoms with E-state index in [0.29, 0.717) is 0 Å². The number of para-hydroxylation sites is 1. The number of unbranched alkanes of at least 4 members (excludes halogenated alkanes) is 1. The lowest BCUT2D eigenvalue weighted by atomic mass is 9.94. The zero-order valence-electron chi connectivity index (χ0n) is 13.6. The van der Waals surface area contributed by atoms with Gasteiger partial charge in [0.1, 0.15) is 0 Å². The molecular weight excluding hydrogens is 260 g/mol. The van der Waals surface area contributed by atoms with Gasteiger partial charge in [-0.1, -0.05) is 25.1 Å². The Bertz CT molecular complexity index is 408. The lowest BCUT2D eigenvalue weighted by molar-refractivity contribution is 0.143. The smallest absolute Gasteiger partial charge is 0.0466 e. The number of anilines is 1. The van der Waals surface area contributed by atoms with E-state index in [9.17, 15) is 0 Å². The van der Waals surface area contributed by atoms with E-state index >= 15 is 0 Å². The molecule has 1 unspecified atom stereocenters. The number of nitrogens with zero attached hydrogens (tertiary/aromatic N) is 1. The van der Waals surface area contributed by atoms with Crippen LogP contribution in [0.4, 0.5) is 5.69 Å². The van der Waals surface area contributed by atoms with Gasteiger partial charge in [-0.2, -0.15) is 0 Å². The molecule has 1 aromatic carbocycles. The summed E-state index contributed by atoms with van der Waals surface area (Å²) in [5.41, 5.74) is 2.95. The van der Waals surface area contributed by atoms with E-state index in [4.69, 9.17) is 4.74 Å². The largest absolute Gasteiger partial charge is 0.382 e. The van der Waals surface area contributed by atoms with Crippen LogP contribution in [0.1, 0.15) is 32.3 Å². The van der Waals surface area contributed by atoms with Crippen molar-refractivity contribution in [2.24, 2.45) is 5.92 Å². The molecule has 1 aliphatic heterocycles. The zero-order chi connectivity index (χ0) is 14.9. The van der Waals surface area contributed by atoms with Crippen molar-refractivity contribution in [1.29, 1.82) is 0 Å². The summed E-state index contributed by atoms with van der Waals surface area (Å²) in [6.45, 7) is 10.6. The van der Waals surface area contributed by atoms with E-state index in [1.165, 1.54) is 30.6 Å². The molecule has 0 saturated heterocycles. The lowest BCUT2D eigenvalue weighted by Crippen LogP contribution is -2.39. The molecule has 1 atom stereocenters. The number of ether oxygens (including phenoxy) is 1. The van der Waals surface area contributed by atoms with Crippen molar-refractivity contribution < 1.29 is 4.74 Å². The van der Waals surface area contributed by atoms with Crippen LogP contribution in [0.15, 0.2) is 24.3 Å². The second-order valence-electron chi connectivity index (χ2n) is 6.04. The quantitative estimate of drug-likeness (QED) is 0.707. The van der Waals surface area contributed by atoms with Crippen molar-refractivity contribution in [1.82, 2.24) is 5.32 Å². The van der Waals surface area contributed by atoms with Gasteiger partial charge in [-0.05, 0) is 50.3 Å². The first kappa shape index (κ1) is 16.3. The maximum Gasteiger partial charge on any atom is 0.0466 e. The Morgan fingerprint density at radius 1 is 1.24 bits per heavy atom. The summed E-state index contributed by atoms with van der Waals surface area (Å²) >= 11 is 0. The Kier molecular flexibility index (Phi) is 7.04. The highest BCUT2D eigenvalue weighted by Gasteiger charge is 2.20. The fourth-order valence-electron chi connectivity index (χ4n) is 3.06. The third-order valence-corrected chi connectivity index (χ3v) is 4.09. The zero-order valence-corrected chi connectivity index (χ0v) is 13.6. The maximum atomic E-state index is 5.35. The molecule has 0 aromatic heterocycles. The van der Waals surface area contributed by atoms with Crippen molar-refractivity contribution in [3.8, 4) is 0 Å². The number of fused-ring (bicyclic) bond motifs is 1. The van der Waals surface area contributed by atoms with Crippen LogP contribution in [0.5, 0.6) is 0 Å². The summed E-state index contributed by atoms with van der Waals surface area (Å²) in [5, 5.41) is 3.56. The number of nitrogens with one attached hydrogen (secondary N) is 1. The molecule has 1 heterocycles. The summed E-state index contributed by atoms with van der Waals surface area (Å²) in [7, 11) is 0. The highest BCUT2D eigenvalue weighted by molar-refractivity contribution is 5.55. The van der Waals surface area contributed by atoms with Crippen LogP contribution in [0, 0.1) is 5.92 Å². The Hall–Kier alpha value is -1.06. The van der Waals surface area contributed by atoms with Gasteiger partial charge in [0.25, 0.3) is 0 Å². The molecule has 2 rings (SSSR count). The van der Waals surface area contributed by atoms with Crippen LogP contribution in [-0.2, 0) is 11.2 Å². The molecule has 1 aliphatic rings. The summed E-state index contributed by atoms with van der Waals surface area (Å²) in [6, 6.07) is 8.86. The number of rotatable bonds is 9. The predicted octanol–water partition coefficient (Wildman–Crippen LogP) is 3.09. The average molecular weight is 290 g/mol.